The van der Waals surface area contributed by atoms with E-state index in [4.69, 9.17) is 0 Å². The lowest BCUT2D eigenvalue weighted by molar-refractivity contribution is 0.368. The van der Waals surface area contributed by atoms with Gasteiger partial charge >= 0.3 is 0 Å². The first-order valence-corrected chi connectivity index (χ1v) is 5.92. The van der Waals surface area contributed by atoms with Crippen LogP contribution >= 0.6 is 0 Å². The van der Waals surface area contributed by atoms with Crippen molar-refractivity contribution in [2.24, 2.45) is 0 Å². The first kappa shape index (κ1) is 10.6. The Balaban J connectivity index is 1.75. The standard InChI is InChI=1S/C13H20N2/c1-13(7-2-3-8-13)15-11-6-12-4-9-14-10-5-12/h4-5,9-10,15H,2-3,6-8,11H2,1H3. The summed E-state index contributed by atoms with van der Waals surface area (Å²) < 4.78 is 0. The molecular weight excluding hydrogens is 184 g/mol. The molecule has 0 saturated heterocycles. The van der Waals surface area contributed by atoms with Gasteiger partial charge < -0.3 is 5.32 Å². The van der Waals surface area contributed by atoms with Crippen molar-refractivity contribution in [2.45, 2.75) is 44.6 Å². The minimum absolute atomic E-state index is 0.410. The summed E-state index contributed by atoms with van der Waals surface area (Å²) in [6.07, 6.45) is 10.3. The molecule has 0 bridgehead atoms. The lowest BCUT2D eigenvalue weighted by Crippen LogP contribution is -2.40. The number of nitrogens with one attached hydrogen (secondary N) is 1. The van der Waals surface area contributed by atoms with Crippen LogP contribution in [0.2, 0.25) is 0 Å². The van der Waals surface area contributed by atoms with Crippen LogP contribution in [0.5, 0.6) is 0 Å². The summed E-state index contributed by atoms with van der Waals surface area (Å²) >= 11 is 0. The second-order valence-corrected chi connectivity index (χ2v) is 4.80. The van der Waals surface area contributed by atoms with Gasteiger partial charge in [-0.25, -0.2) is 0 Å². The number of nitrogens with zero attached hydrogens (tertiary/aromatic N) is 1. The molecule has 2 nitrogen and oxygen atoms in total. The minimum atomic E-state index is 0.410. The van der Waals surface area contributed by atoms with Crippen LogP contribution in [0, 0.1) is 0 Å². The number of rotatable bonds is 4. The molecule has 0 radical (unpaired) electrons. The topological polar surface area (TPSA) is 24.9 Å². The molecule has 82 valence electrons. The first-order chi connectivity index (χ1) is 7.29. The van der Waals surface area contributed by atoms with Crippen molar-refractivity contribution < 1.29 is 0 Å². The summed E-state index contributed by atoms with van der Waals surface area (Å²) in [7, 11) is 0. The molecule has 0 spiro atoms. The smallest absolute Gasteiger partial charge is 0.0270 e. The summed E-state index contributed by atoms with van der Waals surface area (Å²) in [5.74, 6) is 0. The monoisotopic (exact) mass is 204 g/mol. The third kappa shape index (κ3) is 3.03. The summed E-state index contributed by atoms with van der Waals surface area (Å²) in [4.78, 5) is 4.02. The van der Waals surface area contributed by atoms with Crippen molar-refractivity contribution in [3.05, 3.63) is 30.1 Å². The molecule has 0 unspecified atom stereocenters. The largest absolute Gasteiger partial charge is 0.311 e. The van der Waals surface area contributed by atoms with E-state index in [1.54, 1.807) is 0 Å². The fourth-order valence-electron chi connectivity index (χ4n) is 2.39. The second kappa shape index (κ2) is 4.75. The van der Waals surface area contributed by atoms with Crippen LogP contribution in [0.1, 0.15) is 38.2 Å². The van der Waals surface area contributed by atoms with E-state index >= 15 is 0 Å². The molecule has 1 fully saturated rings. The maximum atomic E-state index is 4.02. The molecule has 0 amide bonds. The fraction of sp³-hybridized carbons (Fsp3) is 0.615. The zero-order valence-corrected chi connectivity index (χ0v) is 9.50. The Labute approximate surface area is 92.1 Å². The van der Waals surface area contributed by atoms with Gasteiger partial charge in [-0.3, -0.25) is 4.98 Å². The van der Waals surface area contributed by atoms with E-state index in [2.05, 4.69) is 29.4 Å². The highest BCUT2D eigenvalue weighted by Crippen LogP contribution is 2.28. The Morgan fingerprint density at radius 1 is 1.27 bits per heavy atom. The molecule has 1 aliphatic carbocycles. The van der Waals surface area contributed by atoms with Crippen LogP contribution in [0.25, 0.3) is 0 Å². The van der Waals surface area contributed by atoms with Gasteiger partial charge in [0, 0.05) is 17.9 Å². The Morgan fingerprint density at radius 2 is 1.93 bits per heavy atom. The normalized spacial score (nSPS) is 19.3. The van der Waals surface area contributed by atoms with Crippen molar-refractivity contribution in [3.63, 3.8) is 0 Å². The van der Waals surface area contributed by atoms with E-state index in [1.165, 1.54) is 31.2 Å². The molecule has 2 rings (SSSR count). The van der Waals surface area contributed by atoms with Crippen LogP contribution in [0.4, 0.5) is 0 Å². The van der Waals surface area contributed by atoms with Gasteiger partial charge in [0.2, 0.25) is 0 Å². The van der Waals surface area contributed by atoms with Crippen molar-refractivity contribution in [1.82, 2.24) is 10.3 Å². The quantitative estimate of drug-likeness (QED) is 0.815. The minimum Gasteiger partial charge on any atom is -0.311 e. The molecule has 1 saturated carbocycles. The highest BCUT2D eigenvalue weighted by atomic mass is 15.0. The van der Waals surface area contributed by atoms with Crippen molar-refractivity contribution in [3.8, 4) is 0 Å². The Bertz CT molecular complexity index is 289. The summed E-state index contributed by atoms with van der Waals surface area (Å²) in [5.41, 5.74) is 1.78. The summed E-state index contributed by atoms with van der Waals surface area (Å²) in [6, 6.07) is 4.19. The van der Waals surface area contributed by atoms with Crippen molar-refractivity contribution in [1.29, 1.82) is 0 Å². The zero-order valence-electron chi connectivity index (χ0n) is 9.50. The van der Waals surface area contributed by atoms with Crippen molar-refractivity contribution in [2.75, 3.05) is 6.54 Å². The molecule has 15 heavy (non-hydrogen) atoms. The van der Waals surface area contributed by atoms with Crippen LogP contribution in [0.3, 0.4) is 0 Å². The van der Waals surface area contributed by atoms with E-state index in [0.717, 1.165) is 13.0 Å². The lowest BCUT2D eigenvalue weighted by atomic mass is 10.0. The van der Waals surface area contributed by atoms with Gasteiger partial charge in [0.25, 0.3) is 0 Å². The van der Waals surface area contributed by atoms with Gasteiger partial charge in [-0.1, -0.05) is 12.8 Å². The van der Waals surface area contributed by atoms with Gasteiger partial charge in [-0.2, -0.15) is 0 Å². The molecule has 1 N–H and O–H groups in total. The number of hydrogen-bond acceptors (Lipinski definition) is 2. The Kier molecular flexibility index (Phi) is 3.37. The highest BCUT2D eigenvalue weighted by molar-refractivity contribution is 5.10. The number of aromatic nitrogens is 1. The maximum absolute atomic E-state index is 4.02. The van der Waals surface area contributed by atoms with Crippen LogP contribution < -0.4 is 5.32 Å². The highest BCUT2D eigenvalue weighted by Gasteiger charge is 2.27. The Morgan fingerprint density at radius 3 is 2.60 bits per heavy atom. The SMILES string of the molecule is CC1(NCCc2ccncc2)CCCC1. The third-order valence-corrected chi connectivity index (χ3v) is 3.42. The fourth-order valence-corrected chi connectivity index (χ4v) is 2.39. The average molecular weight is 204 g/mol. The molecule has 2 heteroatoms. The average Bonchev–Trinajstić information content (AvgIpc) is 2.67. The van der Waals surface area contributed by atoms with E-state index in [-0.39, 0.29) is 0 Å². The van der Waals surface area contributed by atoms with Crippen LogP contribution in [-0.4, -0.2) is 17.1 Å². The van der Waals surface area contributed by atoms with Gasteiger partial charge in [0.1, 0.15) is 0 Å². The van der Waals surface area contributed by atoms with E-state index < -0.39 is 0 Å². The number of pyridine rings is 1. The van der Waals surface area contributed by atoms with Crippen molar-refractivity contribution >= 4 is 0 Å². The molecule has 1 heterocycles. The molecule has 0 aromatic carbocycles. The van der Waals surface area contributed by atoms with Gasteiger partial charge in [0.15, 0.2) is 0 Å². The molecule has 1 aromatic rings. The number of hydrogen-bond donors (Lipinski definition) is 1. The van der Waals surface area contributed by atoms with Gasteiger partial charge in [0.05, 0.1) is 0 Å². The van der Waals surface area contributed by atoms with Gasteiger partial charge in [-0.05, 0) is 50.4 Å². The zero-order chi connectivity index (χ0) is 10.6. The van der Waals surface area contributed by atoms with Crippen LogP contribution in [-0.2, 0) is 6.42 Å². The van der Waals surface area contributed by atoms with E-state index in [0.29, 0.717) is 5.54 Å². The molecule has 0 atom stereocenters. The molecule has 0 aliphatic heterocycles. The summed E-state index contributed by atoms with van der Waals surface area (Å²) in [6.45, 7) is 3.44. The third-order valence-electron chi connectivity index (χ3n) is 3.42. The molecular formula is C13H20N2. The van der Waals surface area contributed by atoms with E-state index in [9.17, 15) is 0 Å². The maximum Gasteiger partial charge on any atom is 0.0270 e. The Hall–Kier alpha value is -0.890. The van der Waals surface area contributed by atoms with Gasteiger partial charge in [-0.15, -0.1) is 0 Å². The lowest BCUT2D eigenvalue weighted by Gasteiger charge is -2.25. The summed E-state index contributed by atoms with van der Waals surface area (Å²) in [5, 5.41) is 3.69. The molecule has 1 aliphatic rings. The first-order valence-electron chi connectivity index (χ1n) is 5.92. The van der Waals surface area contributed by atoms with Crippen LogP contribution in [0.15, 0.2) is 24.5 Å². The predicted molar refractivity (Wildman–Crippen MR) is 62.8 cm³/mol. The second-order valence-electron chi connectivity index (χ2n) is 4.80. The molecule has 1 aromatic heterocycles. The predicted octanol–water partition coefficient (Wildman–Crippen LogP) is 2.55. The van der Waals surface area contributed by atoms with E-state index in [1.807, 2.05) is 12.4 Å².